The minimum atomic E-state index is -0.802. The third kappa shape index (κ3) is 4.39. The van der Waals surface area contributed by atoms with Crippen LogP contribution in [0.1, 0.15) is 39.5 Å². The van der Waals surface area contributed by atoms with Crippen LogP contribution in [-0.4, -0.2) is 78.9 Å². The van der Waals surface area contributed by atoms with E-state index in [1.54, 1.807) is 18.9 Å². The van der Waals surface area contributed by atoms with E-state index in [9.17, 15) is 14.7 Å². The summed E-state index contributed by atoms with van der Waals surface area (Å²) < 4.78 is 5.02. The van der Waals surface area contributed by atoms with Crippen molar-refractivity contribution in [1.82, 2.24) is 15.1 Å². The van der Waals surface area contributed by atoms with E-state index in [0.29, 0.717) is 45.6 Å². The van der Waals surface area contributed by atoms with Crippen molar-refractivity contribution in [2.75, 3.05) is 46.4 Å². The molecule has 0 saturated carbocycles. The first-order valence-electron chi connectivity index (χ1n) is 8.90. The second kappa shape index (κ2) is 7.70. The van der Waals surface area contributed by atoms with Crippen LogP contribution in [0, 0.1) is 5.41 Å². The number of ether oxygens (including phenoxy) is 1. The van der Waals surface area contributed by atoms with E-state index in [-0.39, 0.29) is 12.0 Å². The largest absolute Gasteiger partial charge is 0.450 e. The highest BCUT2D eigenvalue weighted by Crippen LogP contribution is 2.32. The average Bonchev–Trinajstić information content (AvgIpc) is 2.54. The Hall–Kier alpha value is -1.34. The highest BCUT2D eigenvalue weighted by molar-refractivity contribution is 5.82. The van der Waals surface area contributed by atoms with Gasteiger partial charge in [0.1, 0.15) is 0 Å². The number of carbonyl (C=O) groups is 2. The van der Waals surface area contributed by atoms with Gasteiger partial charge < -0.3 is 20.1 Å². The third-order valence-electron chi connectivity index (χ3n) is 5.29. The van der Waals surface area contributed by atoms with Gasteiger partial charge in [-0.3, -0.25) is 9.69 Å². The average molecular weight is 341 g/mol. The van der Waals surface area contributed by atoms with Gasteiger partial charge in [-0.15, -0.1) is 0 Å². The molecule has 2 fully saturated rings. The molecule has 2 aliphatic rings. The normalized spacial score (nSPS) is 27.6. The van der Waals surface area contributed by atoms with E-state index in [0.717, 1.165) is 19.4 Å². The smallest absolute Gasteiger partial charge is 0.409 e. The molecule has 0 aromatic carbocycles. The summed E-state index contributed by atoms with van der Waals surface area (Å²) in [5.41, 5.74) is -1.20. The van der Waals surface area contributed by atoms with Gasteiger partial charge in [-0.05, 0) is 46.1 Å². The molecular formula is C17H31N3O4. The van der Waals surface area contributed by atoms with Crippen molar-refractivity contribution in [2.45, 2.75) is 45.1 Å². The molecule has 0 spiro atoms. The summed E-state index contributed by atoms with van der Waals surface area (Å²) in [6.45, 7) is 7.28. The summed E-state index contributed by atoms with van der Waals surface area (Å²) in [6.07, 6.45) is 2.61. The molecule has 7 nitrogen and oxygen atoms in total. The number of nitrogens with zero attached hydrogens (tertiary/aromatic N) is 2. The number of amides is 2. The van der Waals surface area contributed by atoms with Crippen molar-refractivity contribution in [3.05, 3.63) is 0 Å². The topological polar surface area (TPSA) is 82.1 Å². The SMILES string of the molecule is CCOC(=O)N1CCC(O)(CN2CCC[C@](C)(C(=O)NC)C2)CC1. The van der Waals surface area contributed by atoms with E-state index in [2.05, 4.69) is 10.2 Å². The molecular weight excluding hydrogens is 310 g/mol. The van der Waals surface area contributed by atoms with Crippen LogP contribution in [0.25, 0.3) is 0 Å². The predicted molar refractivity (Wildman–Crippen MR) is 90.6 cm³/mol. The summed E-state index contributed by atoms with van der Waals surface area (Å²) in [6, 6.07) is 0. The van der Waals surface area contributed by atoms with Crippen LogP contribution in [0.2, 0.25) is 0 Å². The zero-order valence-electron chi connectivity index (χ0n) is 15.1. The van der Waals surface area contributed by atoms with Gasteiger partial charge in [-0.2, -0.15) is 0 Å². The van der Waals surface area contributed by atoms with Gasteiger partial charge in [0.2, 0.25) is 5.91 Å². The number of hydrogen-bond acceptors (Lipinski definition) is 5. The van der Waals surface area contributed by atoms with Gasteiger partial charge >= 0.3 is 6.09 Å². The number of β-amino-alcohol motifs (C(OH)–C–C–N with tert-alkyl or cyclic N) is 1. The van der Waals surface area contributed by atoms with Crippen molar-refractivity contribution in [3.8, 4) is 0 Å². The first-order valence-corrected chi connectivity index (χ1v) is 8.90. The quantitative estimate of drug-likeness (QED) is 0.791. The van der Waals surface area contributed by atoms with Gasteiger partial charge in [-0.1, -0.05) is 0 Å². The van der Waals surface area contributed by atoms with E-state index in [1.165, 1.54) is 0 Å². The zero-order valence-corrected chi connectivity index (χ0v) is 15.1. The zero-order chi connectivity index (χ0) is 17.8. The molecule has 7 heteroatoms. The maximum absolute atomic E-state index is 12.1. The molecule has 2 rings (SSSR count). The molecule has 2 amide bonds. The van der Waals surface area contributed by atoms with E-state index in [1.807, 2.05) is 6.92 Å². The molecule has 138 valence electrons. The Labute approximate surface area is 144 Å². The molecule has 2 N–H and O–H groups in total. The second-order valence-electron chi connectivity index (χ2n) is 7.36. The molecule has 0 unspecified atom stereocenters. The second-order valence-corrected chi connectivity index (χ2v) is 7.36. The third-order valence-corrected chi connectivity index (χ3v) is 5.29. The summed E-state index contributed by atoms with van der Waals surface area (Å²) in [5.74, 6) is 0.0660. The van der Waals surface area contributed by atoms with Gasteiger partial charge in [0.05, 0.1) is 17.6 Å². The van der Waals surface area contributed by atoms with E-state index < -0.39 is 11.0 Å². The summed E-state index contributed by atoms with van der Waals surface area (Å²) >= 11 is 0. The number of carbonyl (C=O) groups excluding carboxylic acids is 2. The van der Waals surface area contributed by atoms with Crippen molar-refractivity contribution in [2.24, 2.45) is 5.41 Å². The number of likely N-dealkylation sites (tertiary alicyclic amines) is 2. The van der Waals surface area contributed by atoms with Crippen LogP contribution in [0.3, 0.4) is 0 Å². The van der Waals surface area contributed by atoms with Gasteiger partial charge in [0.25, 0.3) is 0 Å². The van der Waals surface area contributed by atoms with Crippen LogP contribution in [-0.2, 0) is 9.53 Å². The molecule has 2 aliphatic heterocycles. The Morgan fingerprint density at radius 3 is 2.46 bits per heavy atom. The molecule has 0 aromatic heterocycles. The first-order chi connectivity index (χ1) is 11.3. The van der Waals surface area contributed by atoms with E-state index in [4.69, 9.17) is 4.74 Å². The Kier molecular flexibility index (Phi) is 6.09. The lowest BCUT2D eigenvalue weighted by Gasteiger charge is -2.44. The van der Waals surface area contributed by atoms with Crippen molar-refractivity contribution in [1.29, 1.82) is 0 Å². The number of piperidine rings is 2. The summed E-state index contributed by atoms with van der Waals surface area (Å²) in [5, 5.41) is 13.7. The summed E-state index contributed by atoms with van der Waals surface area (Å²) in [4.78, 5) is 27.7. The molecule has 2 heterocycles. The fraction of sp³-hybridized carbons (Fsp3) is 0.882. The molecule has 1 atom stereocenters. The van der Waals surface area contributed by atoms with Gasteiger partial charge in [-0.25, -0.2) is 4.79 Å². The Bertz CT molecular complexity index is 463. The standard InChI is InChI=1S/C17H31N3O4/c1-4-24-15(22)20-10-7-17(23,8-11-20)13-19-9-5-6-16(2,12-19)14(21)18-3/h23H,4-13H2,1-3H3,(H,18,21)/t16-/m0/s1. The van der Waals surface area contributed by atoms with Crippen LogP contribution in [0.5, 0.6) is 0 Å². The Balaban J connectivity index is 1.89. The molecule has 0 aromatic rings. The Morgan fingerprint density at radius 1 is 1.21 bits per heavy atom. The lowest BCUT2D eigenvalue weighted by Crippen LogP contribution is -2.56. The summed E-state index contributed by atoms with van der Waals surface area (Å²) in [7, 11) is 1.67. The lowest BCUT2D eigenvalue weighted by molar-refractivity contribution is -0.134. The lowest BCUT2D eigenvalue weighted by atomic mass is 9.80. The highest BCUT2D eigenvalue weighted by atomic mass is 16.6. The monoisotopic (exact) mass is 341 g/mol. The minimum Gasteiger partial charge on any atom is -0.450 e. The van der Waals surface area contributed by atoms with E-state index >= 15 is 0 Å². The number of nitrogens with one attached hydrogen (secondary N) is 1. The van der Waals surface area contributed by atoms with Crippen LogP contribution in [0.15, 0.2) is 0 Å². The predicted octanol–water partition coefficient (Wildman–Crippen LogP) is 0.818. The minimum absolute atomic E-state index is 0.0660. The van der Waals surface area contributed by atoms with Crippen molar-refractivity contribution in [3.63, 3.8) is 0 Å². The van der Waals surface area contributed by atoms with Gasteiger partial charge in [0, 0.05) is 33.2 Å². The molecule has 0 bridgehead atoms. The maximum Gasteiger partial charge on any atom is 0.409 e. The van der Waals surface area contributed by atoms with Crippen LogP contribution < -0.4 is 5.32 Å². The Morgan fingerprint density at radius 2 is 1.88 bits per heavy atom. The van der Waals surface area contributed by atoms with Crippen LogP contribution >= 0.6 is 0 Å². The maximum atomic E-state index is 12.1. The highest BCUT2D eigenvalue weighted by Gasteiger charge is 2.41. The van der Waals surface area contributed by atoms with Gasteiger partial charge in [0.15, 0.2) is 0 Å². The van der Waals surface area contributed by atoms with Crippen molar-refractivity contribution < 1.29 is 19.4 Å². The van der Waals surface area contributed by atoms with Crippen LogP contribution in [0.4, 0.5) is 4.79 Å². The molecule has 2 saturated heterocycles. The fourth-order valence-corrected chi connectivity index (χ4v) is 3.86. The fourth-order valence-electron chi connectivity index (χ4n) is 3.86. The van der Waals surface area contributed by atoms with Crippen molar-refractivity contribution >= 4 is 12.0 Å². The molecule has 24 heavy (non-hydrogen) atoms. The first kappa shape index (κ1) is 19.0. The number of hydrogen-bond donors (Lipinski definition) is 2. The number of aliphatic hydroxyl groups is 1. The number of rotatable bonds is 4. The molecule has 0 aliphatic carbocycles. The molecule has 0 radical (unpaired) electrons.